The van der Waals surface area contributed by atoms with Crippen LogP contribution in [0, 0.1) is 0 Å². The van der Waals surface area contributed by atoms with Crippen LogP contribution in [0.2, 0.25) is 0 Å². The molecule has 1 rings (SSSR count). The van der Waals surface area contributed by atoms with Crippen LogP contribution >= 0.6 is 8.60 Å². The van der Waals surface area contributed by atoms with Crippen molar-refractivity contribution in [2.75, 3.05) is 7.05 Å². The zero-order chi connectivity index (χ0) is 13.1. The highest BCUT2D eigenvalue weighted by Crippen LogP contribution is 2.36. The minimum Gasteiger partial charge on any atom is -0.393 e. The van der Waals surface area contributed by atoms with Crippen LogP contribution in [0.4, 0.5) is 0 Å². The zero-order valence-electron chi connectivity index (χ0n) is 10.7. The van der Waals surface area contributed by atoms with E-state index in [-0.39, 0.29) is 17.2 Å². The molecule has 1 fully saturated rings. The van der Waals surface area contributed by atoms with Gasteiger partial charge in [0.2, 0.25) is 0 Å². The highest BCUT2D eigenvalue weighted by Gasteiger charge is 2.42. The first kappa shape index (κ1) is 16.2. The summed E-state index contributed by atoms with van der Waals surface area (Å²) in [7, 11) is -0.476. The average molecular weight is 253 g/mol. The molecule has 0 atom stereocenters. The molecule has 0 unspecified atom stereocenters. The van der Waals surface area contributed by atoms with E-state index in [1.807, 2.05) is 0 Å². The van der Waals surface area contributed by atoms with E-state index < -0.39 is 8.60 Å². The van der Waals surface area contributed by atoms with Crippen molar-refractivity contribution in [2.24, 2.45) is 0 Å². The van der Waals surface area contributed by atoms with Gasteiger partial charge >= 0.3 is 8.60 Å². The number of nitrogens with zero attached hydrogens (tertiary/aromatic N) is 1. The second kappa shape index (κ2) is 5.71. The Bertz CT molecular complexity index is 200. The molecule has 1 saturated heterocycles. The zero-order valence-corrected chi connectivity index (χ0v) is 11.6. The van der Waals surface area contributed by atoms with Gasteiger partial charge in [0.1, 0.15) is 0 Å². The first-order chi connectivity index (χ1) is 6.99. The molecule has 98 valence electrons. The first-order valence-corrected chi connectivity index (χ1v) is 6.48. The number of likely N-dealkylation sites (tertiary alicyclic amines) is 1. The molecular formula is C10H24NO4P. The molecule has 0 radical (unpaired) electrons. The van der Waals surface area contributed by atoms with Gasteiger partial charge in [-0.1, -0.05) is 0 Å². The molecule has 0 aromatic carbocycles. The van der Waals surface area contributed by atoms with Gasteiger partial charge in [-0.25, -0.2) is 0 Å². The van der Waals surface area contributed by atoms with E-state index in [9.17, 15) is 5.11 Å². The minimum atomic E-state index is -2.62. The van der Waals surface area contributed by atoms with E-state index in [4.69, 9.17) is 14.7 Å². The van der Waals surface area contributed by atoms with E-state index in [0.29, 0.717) is 0 Å². The molecular weight excluding hydrogens is 229 g/mol. The second-order valence-corrected chi connectivity index (χ2v) is 6.05. The van der Waals surface area contributed by atoms with Gasteiger partial charge in [-0.2, -0.15) is 0 Å². The molecule has 5 nitrogen and oxygen atoms in total. The highest BCUT2D eigenvalue weighted by molar-refractivity contribution is 7.38. The molecule has 6 heteroatoms. The summed E-state index contributed by atoms with van der Waals surface area (Å²) in [5, 5.41) is 9.67. The van der Waals surface area contributed by atoms with Crippen LogP contribution in [-0.4, -0.2) is 48.9 Å². The summed E-state index contributed by atoms with van der Waals surface area (Å²) >= 11 is 0. The lowest BCUT2D eigenvalue weighted by atomic mass is 9.79. The van der Waals surface area contributed by atoms with E-state index in [2.05, 4.69) is 39.6 Å². The third kappa shape index (κ3) is 5.04. The van der Waals surface area contributed by atoms with Crippen LogP contribution in [0.1, 0.15) is 40.5 Å². The maximum absolute atomic E-state index is 9.67. The number of aliphatic hydroxyl groups is 1. The third-order valence-electron chi connectivity index (χ3n) is 3.29. The van der Waals surface area contributed by atoms with Crippen molar-refractivity contribution in [2.45, 2.75) is 57.7 Å². The smallest absolute Gasteiger partial charge is 0.324 e. The number of hydrogen-bond donors (Lipinski definition) is 4. The number of aliphatic hydroxyl groups excluding tert-OH is 1. The van der Waals surface area contributed by atoms with E-state index in [1.165, 1.54) is 0 Å². The maximum atomic E-state index is 9.67. The molecule has 0 bridgehead atoms. The van der Waals surface area contributed by atoms with Crippen LogP contribution in [0.3, 0.4) is 0 Å². The second-order valence-electron chi connectivity index (χ2n) is 5.51. The van der Waals surface area contributed by atoms with Crippen molar-refractivity contribution in [3.63, 3.8) is 0 Å². The maximum Gasteiger partial charge on any atom is 0.324 e. The average Bonchev–Trinajstić information content (AvgIpc) is 1.96. The van der Waals surface area contributed by atoms with Crippen molar-refractivity contribution >= 4 is 8.60 Å². The predicted octanol–water partition coefficient (Wildman–Crippen LogP) is 0.820. The largest absolute Gasteiger partial charge is 0.393 e. The van der Waals surface area contributed by atoms with E-state index in [1.54, 1.807) is 0 Å². The van der Waals surface area contributed by atoms with Crippen molar-refractivity contribution < 1.29 is 19.8 Å². The molecule has 0 aliphatic carbocycles. The number of hydrogen-bond acceptors (Lipinski definition) is 5. The minimum absolute atomic E-state index is 0.126. The molecule has 4 N–H and O–H groups in total. The summed E-state index contributed by atoms with van der Waals surface area (Å²) in [6.07, 6.45) is 1.63. The Labute approximate surface area is 98.7 Å². The quantitative estimate of drug-likeness (QED) is 0.480. The Morgan fingerprint density at radius 2 is 1.25 bits per heavy atom. The van der Waals surface area contributed by atoms with Gasteiger partial charge < -0.3 is 19.8 Å². The van der Waals surface area contributed by atoms with Gasteiger partial charge in [0.05, 0.1) is 6.10 Å². The van der Waals surface area contributed by atoms with Crippen molar-refractivity contribution in [1.82, 2.24) is 4.90 Å². The van der Waals surface area contributed by atoms with E-state index >= 15 is 0 Å². The predicted molar refractivity (Wildman–Crippen MR) is 64.7 cm³/mol. The summed E-state index contributed by atoms with van der Waals surface area (Å²) in [6.45, 7) is 8.77. The van der Waals surface area contributed by atoms with E-state index in [0.717, 1.165) is 12.8 Å². The van der Waals surface area contributed by atoms with Crippen LogP contribution in [-0.2, 0) is 0 Å². The topological polar surface area (TPSA) is 84.2 Å². The summed E-state index contributed by atoms with van der Waals surface area (Å²) < 4.78 is 0. The molecule has 0 aromatic rings. The Kier molecular flexibility index (Phi) is 5.80. The summed E-state index contributed by atoms with van der Waals surface area (Å²) in [5.41, 5.74) is 0.252. The fourth-order valence-electron chi connectivity index (χ4n) is 2.32. The van der Waals surface area contributed by atoms with Gasteiger partial charge in [0.25, 0.3) is 0 Å². The SMILES string of the molecule is CN1C(C)(C)CC(O)CC1(C)C.OP(O)O. The molecule has 0 spiro atoms. The van der Waals surface area contributed by atoms with Crippen molar-refractivity contribution in [1.29, 1.82) is 0 Å². The van der Waals surface area contributed by atoms with Crippen LogP contribution in [0.25, 0.3) is 0 Å². The lowest BCUT2D eigenvalue weighted by molar-refractivity contribution is -0.0641. The van der Waals surface area contributed by atoms with Gasteiger partial charge in [0.15, 0.2) is 0 Å². The summed E-state index contributed by atoms with van der Waals surface area (Å²) in [6, 6.07) is 0. The number of rotatable bonds is 0. The monoisotopic (exact) mass is 253 g/mol. The fourth-order valence-corrected chi connectivity index (χ4v) is 2.32. The molecule has 1 aliphatic rings. The van der Waals surface area contributed by atoms with Gasteiger partial charge in [-0.3, -0.25) is 4.90 Å². The summed E-state index contributed by atoms with van der Waals surface area (Å²) in [4.78, 5) is 24.1. The molecule has 16 heavy (non-hydrogen) atoms. The summed E-state index contributed by atoms with van der Waals surface area (Å²) in [5.74, 6) is 0. The molecule has 0 amide bonds. The van der Waals surface area contributed by atoms with Crippen LogP contribution < -0.4 is 0 Å². The molecule has 1 aliphatic heterocycles. The van der Waals surface area contributed by atoms with Gasteiger partial charge in [-0.05, 0) is 47.6 Å². The van der Waals surface area contributed by atoms with Gasteiger partial charge in [-0.15, -0.1) is 0 Å². The Balaban J connectivity index is 0.000000487. The molecule has 0 saturated carbocycles. The highest BCUT2D eigenvalue weighted by atomic mass is 31.2. The Morgan fingerprint density at radius 1 is 1.00 bits per heavy atom. The van der Waals surface area contributed by atoms with Crippen molar-refractivity contribution in [3.05, 3.63) is 0 Å². The number of piperidine rings is 1. The normalized spacial score (nSPS) is 25.1. The fraction of sp³-hybridized carbons (Fsp3) is 1.00. The van der Waals surface area contributed by atoms with Crippen molar-refractivity contribution in [3.8, 4) is 0 Å². The molecule has 0 aromatic heterocycles. The Morgan fingerprint density at radius 3 is 1.50 bits per heavy atom. The van der Waals surface area contributed by atoms with Crippen LogP contribution in [0.15, 0.2) is 0 Å². The van der Waals surface area contributed by atoms with Crippen LogP contribution in [0.5, 0.6) is 0 Å². The standard InChI is InChI=1S/C10H21NO.H3O3P/c1-9(2)6-8(12)7-10(3,4)11(9)5;1-4(2)3/h8,12H,6-7H2,1-5H3;1-3H. The first-order valence-electron chi connectivity index (χ1n) is 5.28. The van der Waals surface area contributed by atoms with Gasteiger partial charge in [0, 0.05) is 11.1 Å². The molecule has 1 heterocycles. The lowest BCUT2D eigenvalue weighted by Crippen LogP contribution is -2.59. The third-order valence-corrected chi connectivity index (χ3v) is 3.29. The Hall–Kier alpha value is 0.230. The lowest BCUT2D eigenvalue weighted by Gasteiger charge is -2.52.